The zero-order valence-corrected chi connectivity index (χ0v) is 7.57. The number of aromatic nitrogens is 1. The van der Waals surface area contributed by atoms with Gasteiger partial charge in [0.2, 0.25) is 0 Å². The molecule has 1 aliphatic heterocycles. The molecule has 1 aromatic heterocycles. The molecule has 1 aromatic rings. The standard InChI is InChI=1S/C10H14N2O/c1-3-9(7-11-5-1)12-8-10-4-2-6-13-10/h1,3,5,7,10,12H,2,4,6,8H2/t10-/m1/s1. The van der Waals surface area contributed by atoms with Gasteiger partial charge < -0.3 is 10.1 Å². The lowest BCUT2D eigenvalue weighted by atomic mass is 10.2. The van der Waals surface area contributed by atoms with E-state index in [-0.39, 0.29) is 0 Å². The number of rotatable bonds is 3. The Morgan fingerprint density at radius 1 is 1.62 bits per heavy atom. The van der Waals surface area contributed by atoms with Crippen molar-refractivity contribution in [1.82, 2.24) is 4.98 Å². The van der Waals surface area contributed by atoms with Crippen LogP contribution in [0.5, 0.6) is 0 Å². The first-order valence-corrected chi connectivity index (χ1v) is 4.70. The fourth-order valence-electron chi connectivity index (χ4n) is 1.50. The van der Waals surface area contributed by atoms with E-state index in [0.29, 0.717) is 6.10 Å². The van der Waals surface area contributed by atoms with E-state index in [4.69, 9.17) is 4.74 Å². The summed E-state index contributed by atoms with van der Waals surface area (Å²) in [4.78, 5) is 4.03. The average Bonchev–Trinajstić information content (AvgIpc) is 2.69. The molecule has 1 aliphatic rings. The Morgan fingerprint density at radius 3 is 3.31 bits per heavy atom. The van der Waals surface area contributed by atoms with Gasteiger partial charge in [-0.2, -0.15) is 0 Å². The van der Waals surface area contributed by atoms with E-state index in [2.05, 4.69) is 10.3 Å². The largest absolute Gasteiger partial charge is 0.381 e. The van der Waals surface area contributed by atoms with Crippen LogP contribution in [0.15, 0.2) is 24.5 Å². The Hall–Kier alpha value is -1.09. The summed E-state index contributed by atoms with van der Waals surface area (Å²) in [5.41, 5.74) is 1.07. The van der Waals surface area contributed by atoms with Crippen molar-refractivity contribution in [3.05, 3.63) is 24.5 Å². The van der Waals surface area contributed by atoms with Crippen LogP contribution in [0.25, 0.3) is 0 Å². The van der Waals surface area contributed by atoms with Crippen LogP contribution in [-0.4, -0.2) is 24.2 Å². The van der Waals surface area contributed by atoms with E-state index in [0.717, 1.165) is 18.8 Å². The van der Waals surface area contributed by atoms with Crippen molar-refractivity contribution in [1.29, 1.82) is 0 Å². The highest BCUT2D eigenvalue weighted by Crippen LogP contribution is 2.12. The second-order valence-corrected chi connectivity index (χ2v) is 3.26. The number of anilines is 1. The minimum atomic E-state index is 0.389. The van der Waals surface area contributed by atoms with Crippen molar-refractivity contribution in [3.63, 3.8) is 0 Å². The molecule has 2 rings (SSSR count). The predicted octanol–water partition coefficient (Wildman–Crippen LogP) is 1.67. The first kappa shape index (κ1) is 8.51. The molecule has 2 heterocycles. The second kappa shape index (κ2) is 4.23. The highest BCUT2D eigenvalue weighted by molar-refractivity contribution is 5.39. The number of hydrogen-bond donors (Lipinski definition) is 1. The molecular formula is C10H14N2O. The molecule has 1 atom stereocenters. The summed E-state index contributed by atoms with van der Waals surface area (Å²) in [5, 5.41) is 3.30. The van der Waals surface area contributed by atoms with Gasteiger partial charge in [-0.05, 0) is 25.0 Å². The molecule has 0 unspecified atom stereocenters. The van der Waals surface area contributed by atoms with Crippen molar-refractivity contribution in [2.45, 2.75) is 18.9 Å². The Balaban J connectivity index is 1.79. The van der Waals surface area contributed by atoms with Gasteiger partial charge in [0, 0.05) is 25.5 Å². The molecule has 3 nitrogen and oxygen atoms in total. The van der Waals surface area contributed by atoms with Gasteiger partial charge in [-0.3, -0.25) is 4.98 Å². The monoisotopic (exact) mass is 178 g/mol. The van der Waals surface area contributed by atoms with Crippen LogP contribution < -0.4 is 5.32 Å². The van der Waals surface area contributed by atoms with E-state index in [9.17, 15) is 0 Å². The molecule has 3 heteroatoms. The summed E-state index contributed by atoms with van der Waals surface area (Å²) < 4.78 is 5.49. The van der Waals surface area contributed by atoms with Crippen LogP contribution in [0, 0.1) is 0 Å². The summed E-state index contributed by atoms with van der Waals surface area (Å²) in [6.07, 6.45) is 6.36. The molecule has 13 heavy (non-hydrogen) atoms. The van der Waals surface area contributed by atoms with Crippen LogP contribution in [0.1, 0.15) is 12.8 Å². The third kappa shape index (κ3) is 2.42. The van der Waals surface area contributed by atoms with Gasteiger partial charge in [-0.15, -0.1) is 0 Å². The number of hydrogen-bond acceptors (Lipinski definition) is 3. The number of nitrogens with one attached hydrogen (secondary N) is 1. The van der Waals surface area contributed by atoms with Crippen LogP contribution in [0.4, 0.5) is 5.69 Å². The van der Waals surface area contributed by atoms with Crippen LogP contribution >= 0.6 is 0 Å². The van der Waals surface area contributed by atoms with Crippen LogP contribution in [0.3, 0.4) is 0 Å². The fraction of sp³-hybridized carbons (Fsp3) is 0.500. The molecule has 0 amide bonds. The zero-order chi connectivity index (χ0) is 8.93. The Kier molecular flexibility index (Phi) is 2.77. The topological polar surface area (TPSA) is 34.2 Å². The van der Waals surface area contributed by atoms with E-state index in [1.165, 1.54) is 12.8 Å². The quantitative estimate of drug-likeness (QED) is 0.764. The summed E-state index contributed by atoms with van der Waals surface area (Å²) in [6, 6.07) is 3.94. The van der Waals surface area contributed by atoms with Crippen molar-refractivity contribution >= 4 is 5.69 Å². The normalized spacial score (nSPS) is 21.7. The first-order valence-electron chi connectivity index (χ1n) is 4.70. The Bertz CT molecular complexity index is 244. The van der Waals surface area contributed by atoms with Gasteiger partial charge in [0.1, 0.15) is 0 Å². The van der Waals surface area contributed by atoms with Gasteiger partial charge in [0.15, 0.2) is 0 Å². The SMILES string of the molecule is c1cncc(NC[C@H]2CCCO2)c1. The zero-order valence-electron chi connectivity index (χ0n) is 7.57. The van der Waals surface area contributed by atoms with E-state index < -0.39 is 0 Å². The van der Waals surface area contributed by atoms with Crippen molar-refractivity contribution < 1.29 is 4.74 Å². The van der Waals surface area contributed by atoms with E-state index >= 15 is 0 Å². The number of nitrogens with zero attached hydrogens (tertiary/aromatic N) is 1. The summed E-state index contributed by atoms with van der Waals surface area (Å²) in [6.45, 7) is 1.81. The summed E-state index contributed by atoms with van der Waals surface area (Å²) >= 11 is 0. The van der Waals surface area contributed by atoms with Crippen molar-refractivity contribution in [2.75, 3.05) is 18.5 Å². The minimum absolute atomic E-state index is 0.389. The Labute approximate surface area is 78.1 Å². The number of pyridine rings is 1. The molecule has 0 spiro atoms. The third-order valence-corrected chi connectivity index (χ3v) is 2.22. The maximum atomic E-state index is 5.49. The third-order valence-electron chi connectivity index (χ3n) is 2.22. The summed E-state index contributed by atoms with van der Waals surface area (Å²) in [7, 11) is 0. The lowest BCUT2D eigenvalue weighted by Gasteiger charge is -2.10. The van der Waals surface area contributed by atoms with Gasteiger partial charge >= 0.3 is 0 Å². The van der Waals surface area contributed by atoms with Crippen molar-refractivity contribution in [2.24, 2.45) is 0 Å². The molecule has 0 aliphatic carbocycles. The van der Waals surface area contributed by atoms with E-state index in [1.54, 1.807) is 6.20 Å². The lowest BCUT2D eigenvalue weighted by molar-refractivity contribution is 0.120. The summed E-state index contributed by atoms with van der Waals surface area (Å²) in [5.74, 6) is 0. The molecule has 0 bridgehead atoms. The Morgan fingerprint density at radius 2 is 2.62 bits per heavy atom. The van der Waals surface area contributed by atoms with Crippen molar-refractivity contribution in [3.8, 4) is 0 Å². The maximum Gasteiger partial charge on any atom is 0.0748 e. The molecule has 1 fully saturated rings. The number of ether oxygens (including phenoxy) is 1. The lowest BCUT2D eigenvalue weighted by Crippen LogP contribution is -2.18. The van der Waals surface area contributed by atoms with Gasteiger partial charge in [0.25, 0.3) is 0 Å². The molecule has 1 N–H and O–H groups in total. The highest BCUT2D eigenvalue weighted by Gasteiger charge is 2.14. The first-order chi connectivity index (χ1) is 6.45. The smallest absolute Gasteiger partial charge is 0.0748 e. The average molecular weight is 178 g/mol. The molecular weight excluding hydrogens is 164 g/mol. The van der Waals surface area contributed by atoms with Crippen LogP contribution in [0.2, 0.25) is 0 Å². The maximum absolute atomic E-state index is 5.49. The predicted molar refractivity (Wildman–Crippen MR) is 51.7 cm³/mol. The molecule has 0 aromatic carbocycles. The fourth-order valence-corrected chi connectivity index (χ4v) is 1.50. The molecule has 1 saturated heterocycles. The molecule has 70 valence electrons. The van der Waals surface area contributed by atoms with Gasteiger partial charge in [-0.1, -0.05) is 0 Å². The molecule has 0 saturated carbocycles. The molecule has 0 radical (unpaired) electrons. The van der Waals surface area contributed by atoms with Crippen LogP contribution in [-0.2, 0) is 4.74 Å². The van der Waals surface area contributed by atoms with Gasteiger partial charge in [0.05, 0.1) is 11.8 Å². The van der Waals surface area contributed by atoms with Gasteiger partial charge in [-0.25, -0.2) is 0 Å². The second-order valence-electron chi connectivity index (χ2n) is 3.26. The minimum Gasteiger partial charge on any atom is -0.381 e. The highest BCUT2D eigenvalue weighted by atomic mass is 16.5. The van der Waals surface area contributed by atoms with E-state index in [1.807, 2.05) is 18.3 Å².